The van der Waals surface area contributed by atoms with Crippen LogP contribution in [0.15, 0.2) is 11.2 Å². The summed E-state index contributed by atoms with van der Waals surface area (Å²) in [5, 5.41) is 7.70. The van der Waals surface area contributed by atoms with Gasteiger partial charge in [-0.1, -0.05) is 13.3 Å². The van der Waals surface area contributed by atoms with Gasteiger partial charge in [-0.25, -0.2) is 13.9 Å². The van der Waals surface area contributed by atoms with Crippen LogP contribution in [0.25, 0.3) is 0 Å². The number of amides is 2. The van der Waals surface area contributed by atoms with E-state index in [-0.39, 0.29) is 5.56 Å². The fraction of sp³-hybridized carbons (Fsp3) is 0.545. The molecule has 1 aromatic heterocycles. The van der Waals surface area contributed by atoms with E-state index in [9.17, 15) is 18.0 Å². The molecular weight excluding hydrogens is 300 g/mol. The molecule has 0 aliphatic rings. The highest BCUT2D eigenvalue weighted by Crippen LogP contribution is 2.17. The summed E-state index contributed by atoms with van der Waals surface area (Å²) >= 11 is 0. The summed E-state index contributed by atoms with van der Waals surface area (Å²) in [7, 11) is -2.00. The minimum absolute atomic E-state index is 0.259. The first-order valence-electron chi connectivity index (χ1n) is 6.24. The molecule has 10 heteroatoms. The number of H-pyrrole nitrogens is 1. The van der Waals surface area contributed by atoms with E-state index >= 15 is 0 Å². The molecule has 0 atom stereocenters. The lowest BCUT2D eigenvalue weighted by Crippen LogP contribution is -2.41. The monoisotopic (exact) mass is 318 g/mol. The third kappa shape index (κ3) is 3.72. The van der Waals surface area contributed by atoms with E-state index in [0.717, 1.165) is 33.2 Å². The Kier molecular flexibility index (Phi) is 5.70. The molecule has 0 aromatic carbocycles. The van der Waals surface area contributed by atoms with Gasteiger partial charge in [0.1, 0.15) is 5.56 Å². The number of hydrogen-bond acceptors (Lipinski definition) is 6. The van der Waals surface area contributed by atoms with E-state index in [4.69, 9.17) is 0 Å². The van der Waals surface area contributed by atoms with Crippen LogP contribution in [-0.2, 0) is 14.8 Å². The number of urea groups is 1. The summed E-state index contributed by atoms with van der Waals surface area (Å²) in [5.41, 5.74) is -0.259. The van der Waals surface area contributed by atoms with Crippen LogP contribution in [0.3, 0.4) is 0 Å². The summed E-state index contributed by atoms with van der Waals surface area (Å²) in [5.74, 6) is -0.859. The number of methoxy groups -OCH3 is 1. The molecule has 1 rings (SSSR count). The number of rotatable bonds is 6. The van der Waals surface area contributed by atoms with E-state index in [1.54, 1.807) is 0 Å². The number of nitrogens with one attached hydrogen (secondary N) is 2. The summed E-state index contributed by atoms with van der Waals surface area (Å²) in [6.45, 7) is 2.31. The van der Waals surface area contributed by atoms with Gasteiger partial charge in [0.05, 0.1) is 13.3 Å². The van der Waals surface area contributed by atoms with Crippen molar-refractivity contribution >= 4 is 22.0 Å². The van der Waals surface area contributed by atoms with Crippen molar-refractivity contribution in [1.29, 1.82) is 0 Å². The van der Waals surface area contributed by atoms with Gasteiger partial charge in [0.25, 0.3) is 10.0 Å². The van der Waals surface area contributed by atoms with Gasteiger partial charge in [0.15, 0.2) is 5.03 Å². The van der Waals surface area contributed by atoms with Crippen LogP contribution in [0.4, 0.5) is 4.79 Å². The lowest BCUT2D eigenvalue weighted by atomic mass is 10.3. The molecule has 0 aliphatic carbocycles. The van der Waals surface area contributed by atoms with E-state index < -0.39 is 27.0 Å². The molecule has 1 heterocycles. The summed E-state index contributed by atoms with van der Waals surface area (Å²) in [6, 6.07) is -0.783. The van der Waals surface area contributed by atoms with Crippen molar-refractivity contribution in [2.75, 3.05) is 20.7 Å². The van der Waals surface area contributed by atoms with Gasteiger partial charge in [-0.15, -0.1) is 0 Å². The normalized spacial score (nSPS) is 11.0. The third-order valence-electron chi connectivity index (χ3n) is 2.72. The number of aromatic amines is 1. The zero-order chi connectivity index (χ0) is 16.0. The highest BCUT2D eigenvalue weighted by atomic mass is 32.2. The van der Waals surface area contributed by atoms with Gasteiger partial charge in [-0.3, -0.25) is 5.10 Å². The number of nitrogens with zero attached hydrogens (tertiary/aromatic N) is 2. The Morgan fingerprint density at radius 1 is 1.48 bits per heavy atom. The molecule has 0 fully saturated rings. The standard InChI is InChI=1S/C11H18N4O5S/c1-4-5-6-12-11(17)15(2)21(18,19)9-8(7-13-14-9)10(16)20-3/h7H,4-6H2,1-3H3,(H,12,17)(H,13,14). The van der Waals surface area contributed by atoms with Crippen molar-refractivity contribution in [1.82, 2.24) is 19.8 Å². The van der Waals surface area contributed by atoms with Crippen molar-refractivity contribution in [3.8, 4) is 0 Å². The van der Waals surface area contributed by atoms with E-state index in [1.807, 2.05) is 6.92 Å². The second-order valence-electron chi connectivity index (χ2n) is 4.16. The molecule has 0 saturated heterocycles. The topological polar surface area (TPSA) is 121 Å². The molecule has 21 heavy (non-hydrogen) atoms. The lowest BCUT2D eigenvalue weighted by molar-refractivity contribution is 0.0596. The Bertz CT molecular complexity index is 610. The minimum Gasteiger partial charge on any atom is -0.465 e. The highest BCUT2D eigenvalue weighted by molar-refractivity contribution is 7.89. The van der Waals surface area contributed by atoms with E-state index in [0.29, 0.717) is 10.8 Å². The molecule has 0 aliphatic heterocycles. The van der Waals surface area contributed by atoms with Crippen molar-refractivity contribution in [3.63, 3.8) is 0 Å². The Balaban J connectivity index is 2.98. The van der Waals surface area contributed by atoms with Crippen molar-refractivity contribution < 1.29 is 22.7 Å². The summed E-state index contributed by atoms with van der Waals surface area (Å²) in [6.07, 6.45) is 2.63. The molecule has 2 N–H and O–H groups in total. The zero-order valence-electron chi connectivity index (χ0n) is 12.0. The molecule has 2 amide bonds. The number of ether oxygens (including phenoxy) is 1. The average Bonchev–Trinajstić information content (AvgIpc) is 2.95. The Labute approximate surface area is 122 Å². The van der Waals surface area contributed by atoms with Crippen LogP contribution < -0.4 is 5.32 Å². The van der Waals surface area contributed by atoms with Crippen LogP contribution in [0.2, 0.25) is 0 Å². The van der Waals surface area contributed by atoms with E-state index in [1.165, 1.54) is 0 Å². The molecule has 9 nitrogen and oxygen atoms in total. The van der Waals surface area contributed by atoms with Crippen LogP contribution >= 0.6 is 0 Å². The smallest absolute Gasteiger partial charge is 0.342 e. The zero-order valence-corrected chi connectivity index (χ0v) is 12.9. The number of carbonyl (C=O) groups is 2. The number of unbranched alkanes of at least 4 members (excludes halogenated alkanes) is 1. The van der Waals surface area contributed by atoms with Crippen LogP contribution in [-0.4, -0.2) is 55.6 Å². The molecule has 1 aromatic rings. The summed E-state index contributed by atoms with van der Waals surface area (Å²) in [4.78, 5) is 23.3. The molecule has 118 valence electrons. The second kappa shape index (κ2) is 7.07. The molecule has 0 unspecified atom stereocenters. The number of esters is 1. The molecule has 0 saturated carbocycles. The number of aromatic nitrogens is 2. The average molecular weight is 318 g/mol. The SMILES string of the molecule is CCCCNC(=O)N(C)S(=O)(=O)c1[nH]ncc1C(=O)OC. The Hall–Kier alpha value is -2.10. The molecular formula is C11H18N4O5S. The van der Waals surface area contributed by atoms with Gasteiger partial charge in [0.2, 0.25) is 0 Å². The first-order chi connectivity index (χ1) is 9.86. The van der Waals surface area contributed by atoms with Crippen LogP contribution in [0, 0.1) is 0 Å². The summed E-state index contributed by atoms with van der Waals surface area (Å²) < 4.78 is 29.6. The Morgan fingerprint density at radius 2 is 2.14 bits per heavy atom. The van der Waals surface area contributed by atoms with Gasteiger partial charge in [-0.05, 0) is 6.42 Å². The maximum atomic E-state index is 12.3. The lowest BCUT2D eigenvalue weighted by Gasteiger charge is -2.17. The second-order valence-corrected chi connectivity index (χ2v) is 6.07. The predicted octanol–water partition coefficient (Wildman–Crippen LogP) is 0.326. The maximum absolute atomic E-state index is 12.3. The van der Waals surface area contributed by atoms with E-state index in [2.05, 4.69) is 20.3 Å². The Morgan fingerprint density at radius 3 is 2.71 bits per heavy atom. The van der Waals surface area contributed by atoms with Crippen molar-refractivity contribution in [2.45, 2.75) is 24.8 Å². The van der Waals surface area contributed by atoms with Gasteiger partial charge < -0.3 is 10.1 Å². The van der Waals surface area contributed by atoms with Crippen LogP contribution in [0.5, 0.6) is 0 Å². The van der Waals surface area contributed by atoms with Crippen molar-refractivity contribution in [2.24, 2.45) is 0 Å². The molecule has 0 spiro atoms. The quantitative estimate of drug-likeness (QED) is 0.575. The first kappa shape index (κ1) is 17.0. The number of carbonyl (C=O) groups excluding carboxylic acids is 2. The van der Waals surface area contributed by atoms with Gasteiger partial charge in [-0.2, -0.15) is 13.5 Å². The first-order valence-corrected chi connectivity index (χ1v) is 7.68. The van der Waals surface area contributed by atoms with Crippen molar-refractivity contribution in [3.05, 3.63) is 11.8 Å². The fourth-order valence-electron chi connectivity index (χ4n) is 1.46. The van der Waals surface area contributed by atoms with Gasteiger partial charge >= 0.3 is 12.0 Å². The fourth-order valence-corrected chi connectivity index (χ4v) is 2.59. The highest BCUT2D eigenvalue weighted by Gasteiger charge is 2.32. The number of hydrogen-bond donors (Lipinski definition) is 2. The maximum Gasteiger partial charge on any atom is 0.342 e. The number of sulfonamides is 1. The predicted molar refractivity (Wildman–Crippen MR) is 73.2 cm³/mol. The molecule has 0 radical (unpaired) electrons. The van der Waals surface area contributed by atoms with Gasteiger partial charge in [0, 0.05) is 13.6 Å². The largest absolute Gasteiger partial charge is 0.465 e. The van der Waals surface area contributed by atoms with Crippen LogP contribution in [0.1, 0.15) is 30.1 Å². The molecule has 0 bridgehead atoms. The third-order valence-corrected chi connectivity index (χ3v) is 4.43. The minimum atomic E-state index is -4.22.